The van der Waals surface area contributed by atoms with Gasteiger partial charge in [0.2, 0.25) is 0 Å². The van der Waals surface area contributed by atoms with Crippen molar-refractivity contribution in [2.75, 3.05) is 0 Å². The lowest BCUT2D eigenvalue weighted by Crippen LogP contribution is -1.87. The molecule has 0 amide bonds. The van der Waals surface area contributed by atoms with Crippen LogP contribution in [0.3, 0.4) is 0 Å². The smallest absolute Gasteiger partial charge is 0.0444 e. The summed E-state index contributed by atoms with van der Waals surface area (Å²) in [5.74, 6) is 0. The fourth-order valence-corrected chi connectivity index (χ4v) is 3.53. The Hall–Kier alpha value is -0.790. The van der Waals surface area contributed by atoms with Crippen molar-refractivity contribution in [1.82, 2.24) is 0 Å². The molecular weight excluding hydrogens is 224 g/mol. The third-order valence-electron chi connectivity index (χ3n) is 2.98. The quantitative estimate of drug-likeness (QED) is 0.627. The second-order valence-corrected chi connectivity index (χ2v) is 5.22. The first-order valence-corrected chi connectivity index (χ1v) is 6.46. The van der Waals surface area contributed by atoms with Crippen LogP contribution in [-0.4, -0.2) is 0 Å². The van der Waals surface area contributed by atoms with Crippen LogP contribution in [0.15, 0.2) is 29.6 Å². The fourth-order valence-electron chi connectivity index (χ4n) is 2.25. The van der Waals surface area contributed by atoms with Gasteiger partial charge < -0.3 is 0 Å². The van der Waals surface area contributed by atoms with Crippen LogP contribution in [0.25, 0.3) is 10.4 Å². The lowest BCUT2D eigenvalue weighted by Gasteiger charge is -2.07. The van der Waals surface area contributed by atoms with E-state index >= 15 is 0 Å². The van der Waals surface area contributed by atoms with Gasteiger partial charge in [-0.1, -0.05) is 23.7 Å². The van der Waals surface area contributed by atoms with Gasteiger partial charge in [0, 0.05) is 9.90 Å². The maximum Gasteiger partial charge on any atom is 0.0444 e. The molecular formula is C13H11ClS. The molecule has 3 rings (SSSR count). The fraction of sp³-hybridized carbons (Fsp3) is 0.231. The normalized spacial score (nSPS) is 14.2. The number of rotatable bonds is 0. The largest absolute Gasteiger partial charge is 0.144 e. The Bertz CT molecular complexity index is 499. The molecule has 0 atom stereocenters. The molecule has 0 radical (unpaired) electrons. The molecule has 2 heteroatoms. The Balaban J connectivity index is 2.29. The van der Waals surface area contributed by atoms with Crippen LogP contribution in [0, 0.1) is 0 Å². The van der Waals surface area contributed by atoms with Gasteiger partial charge >= 0.3 is 0 Å². The average molecular weight is 235 g/mol. The third-order valence-corrected chi connectivity index (χ3v) is 4.33. The summed E-state index contributed by atoms with van der Waals surface area (Å²) in [6, 6.07) is 8.49. The van der Waals surface area contributed by atoms with Gasteiger partial charge in [0.05, 0.1) is 0 Å². The van der Waals surface area contributed by atoms with E-state index in [1.54, 1.807) is 0 Å². The molecule has 76 valence electrons. The zero-order valence-corrected chi connectivity index (χ0v) is 9.87. The molecule has 0 saturated heterocycles. The van der Waals surface area contributed by atoms with Crippen molar-refractivity contribution in [2.24, 2.45) is 0 Å². The standard InChI is InChI=1S/C13H11ClS/c14-12-6-2-5-11-10(12)4-1-3-9-7-8-15-13(9)11/h2,5-8H,1,3-4H2. The highest BCUT2D eigenvalue weighted by molar-refractivity contribution is 7.13. The summed E-state index contributed by atoms with van der Waals surface area (Å²) in [6.45, 7) is 0. The molecule has 1 heterocycles. The second kappa shape index (κ2) is 3.66. The maximum absolute atomic E-state index is 6.25. The van der Waals surface area contributed by atoms with E-state index in [1.807, 2.05) is 17.4 Å². The van der Waals surface area contributed by atoms with Crippen LogP contribution in [-0.2, 0) is 12.8 Å². The van der Waals surface area contributed by atoms with Crippen LogP contribution in [0.2, 0.25) is 5.02 Å². The number of fused-ring (bicyclic) bond motifs is 3. The SMILES string of the molecule is Clc1cccc2c1CCCc1ccsc1-2. The summed E-state index contributed by atoms with van der Waals surface area (Å²) in [5.41, 5.74) is 4.17. The molecule has 2 aromatic rings. The Morgan fingerprint density at radius 3 is 3.00 bits per heavy atom. The third kappa shape index (κ3) is 1.51. The minimum absolute atomic E-state index is 0.925. The van der Waals surface area contributed by atoms with Crippen LogP contribution in [0.1, 0.15) is 17.5 Å². The van der Waals surface area contributed by atoms with Crippen LogP contribution in [0.4, 0.5) is 0 Å². The van der Waals surface area contributed by atoms with Crippen molar-refractivity contribution in [3.63, 3.8) is 0 Å². The molecule has 0 aliphatic heterocycles. The molecule has 1 aliphatic carbocycles. The minimum Gasteiger partial charge on any atom is -0.144 e. The highest BCUT2D eigenvalue weighted by atomic mass is 35.5. The van der Waals surface area contributed by atoms with Gasteiger partial charge in [0.1, 0.15) is 0 Å². The molecule has 1 aromatic heterocycles. The summed E-state index contributed by atoms with van der Waals surface area (Å²) in [5, 5.41) is 3.11. The van der Waals surface area contributed by atoms with Crippen molar-refractivity contribution in [1.29, 1.82) is 0 Å². The Morgan fingerprint density at radius 2 is 2.07 bits per heavy atom. The van der Waals surface area contributed by atoms with E-state index in [-0.39, 0.29) is 0 Å². The van der Waals surface area contributed by atoms with E-state index in [0.717, 1.165) is 11.4 Å². The van der Waals surface area contributed by atoms with E-state index < -0.39 is 0 Å². The molecule has 15 heavy (non-hydrogen) atoms. The van der Waals surface area contributed by atoms with E-state index in [0.29, 0.717) is 0 Å². The summed E-state index contributed by atoms with van der Waals surface area (Å²) in [7, 11) is 0. The first-order valence-electron chi connectivity index (χ1n) is 5.20. The molecule has 0 N–H and O–H groups in total. The highest BCUT2D eigenvalue weighted by Crippen LogP contribution is 2.38. The Kier molecular flexibility index (Phi) is 2.30. The summed E-state index contributed by atoms with van der Waals surface area (Å²) in [4.78, 5) is 1.42. The summed E-state index contributed by atoms with van der Waals surface area (Å²) >= 11 is 8.08. The van der Waals surface area contributed by atoms with Gasteiger partial charge in [0.15, 0.2) is 0 Å². The van der Waals surface area contributed by atoms with Gasteiger partial charge in [0.25, 0.3) is 0 Å². The Morgan fingerprint density at radius 1 is 1.13 bits per heavy atom. The molecule has 0 bridgehead atoms. The molecule has 1 aromatic carbocycles. The molecule has 1 aliphatic rings. The first-order chi connectivity index (χ1) is 7.36. The van der Waals surface area contributed by atoms with E-state index in [9.17, 15) is 0 Å². The van der Waals surface area contributed by atoms with Crippen LogP contribution in [0.5, 0.6) is 0 Å². The topological polar surface area (TPSA) is 0 Å². The second-order valence-electron chi connectivity index (χ2n) is 3.89. The lowest BCUT2D eigenvalue weighted by atomic mass is 10.0. The zero-order chi connectivity index (χ0) is 10.3. The van der Waals surface area contributed by atoms with Gasteiger partial charge in [-0.25, -0.2) is 0 Å². The van der Waals surface area contributed by atoms with Gasteiger partial charge in [-0.15, -0.1) is 11.3 Å². The number of aryl methyl sites for hydroxylation is 1. The van der Waals surface area contributed by atoms with Crippen molar-refractivity contribution in [3.8, 4) is 10.4 Å². The van der Waals surface area contributed by atoms with Crippen molar-refractivity contribution < 1.29 is 0 Å². The molecule has 0 nitrogen and oxygen atoms in total. The zero-order valence-electron chi connectivity index (χ0n) is 8.29. The predicted molar refractivity (Wildman–Crippen MR) is 66.8 cm³/mol. The molecule has 0 saturated carbocycles. The predicted octanol–water partition coefficient (Wildman–Crippen LogP) is 4.56. The average Bonchev–Trinajstić information content (AvgIpc) is 2.62. The van der Waals surface area contributed by atoms with Crippen LogP contribution < -0.4 is 0 Å². The Labute approximate surface area is 98.5 Å². The number of benzene rings is 1. The van der Waals surface area contributed by atoms with Gasteiger partial charge in [-0.05, 0) is 53.5 Å². The van der Waals surface area contributed by atoms with Crippen molar-refractivity contribution in [3.05, 3.63) is 45.8 Å². The number of thiophene rings is 1. The van der Waals surface area contributed by atoms with E-state index in [1.165, 1.54) is 34.4 Å². The maximum atomic E-state index is 6.25. The van der Waals surface area contributed by atoms with Gasteiger partial charge in [-0.2, -0.15) is 0 Å². The molecule has 0 spiro atoms. The van der Waals surface area contributed by atoms with Crippen LogP contribution >= 0.6 is 22.9 Å². The first kappa shape index (κ1) is 9.44. The number of hydrogen-bond donors (Lipinski definition) is 0. The van der Waals surface area contributed by atoms with E-state index in [2.05, 4.69) is 23.6 Å². The van der Waals surface area contributed by atoms with E-state index in [4.69, 9.17) is 11.6 Å². The number of hydrogen-bond acceptors (Lipinski definition) is 1. The van der Waals surface area contributed by atoms with Crippen molar-refractivity contribution >= 4 is 22.9 Å². The number of halogens is 1. The molecule has 0 unspecified atom stereocenters. The summed E-state index contributed by atoms with van der Waals surface area (Å²) in [6.07, 6.45) is 3.50. The van der Waals surface area contributed by atoms with Gasteiger partial charge in [-0.3, -0.25) is 0 Å². The monoisotopic (exact) mass is 234 g/mol. The minimum atomic E-state index is 0.925. The lowest BCUT2D eigenvalue weighted by molar-refractivity contribution is 0.836. The van der Waals surface area contributed by atoms with Crippen molar-refractivity contribution in [2.45, 2.75) is 19.3 Å². The summed E-state index contributed by atoms with van der Waals surface area (Å²) < 4.78 is 0. The highest BCUT2D eigenvalue weighted by Gasteiger charge is 2.16. The molecule has 0 fully saturated rings.